The number of para-hydroxylation sites is 1. The van der Waals surface area contributed by atoms with E-state index >= 15 is 0 Å². The van der Waals surface area contributed by atoms with Crippen molar-refractivity contribution in [3.05, 3.63) is 87.2 Å². The summed E-state index contributed by atoms with van der Waals surface area (Å²) in [4.78, 5) is 31.7. The lowest BCUT2D eigenvalue weighted by molar-refractivity contribution is -0.137. The zero-order valence-electron chi connectivity index (χ0n) is 20.3. The highest BCUT2D eigenvalue weighted by molar-refractivity contribution is 7.13. The Hall–Kier alpha value is -3.72. The molecule has 0 amide bonds. The van der Waals surface area contributed by atoms with Gasteiger partial charge in [0.2, 0.25) is 0 Å². The topological polar surface area (TPSA) is 61.2 Å². The Kier molecular flexibility index (Phi) is 6.06. The second-order valence-electron chi connectivity index (χ2n) is 9.78. The zero-order chi connectivity index (χ0) is 26.5. The summed E-state index contributed by atoms with van der Waals surface area (Å²) in [6, 6.07) is 13.7. The number of thiazole rings is 1. The number of rotatable bonds is 4. The van der Waals surface area contributed by atoms with Crippen LogP contribution in [0.4, 0.5) is 13.2 Å². The van der Waals surface area contributed by atoms with Gasteiger partial charge in [0.1, 0.15) is 10.8 Å². The highest BCUT2D eigenvalue weighted by Gasteiger charge is 2.38. The van der Waals surface area contributed by atoms with E-state index in [1.165, 1.54) is 35.6 Å². The molecule has 0 aliphatic heterocycles. The van der Waals surface area contributed by atoms with E-state index in [0.29, 0.717) is 22.1 Å². The number of ketones is 1. The lowest BCUT2D eigenvalue weighted by atomic mass is 9.75. The molecule has 0 radical (unpaired) electrons. The van der Waals surface area contributed by atoms with Crippen molar-refractivity contribution in [2.75, 3.05) is 7.11 Å². The molecule has 0 bridgehead atoms. The minimum atomic E-state index is -4.68. The number of nitrogens with zero attached hydrogens (tertiary/aromatic N) is 2. The van der Waals surface area contributed by atoms with Gasteiger partial charge in [-0.3, -0.25) is 14.2 Å². The lowest BCUT2D eigenvalue weighted by Gasteiger charge is -2.32. The average Bonchev–Trinajstić information content (AvgIpc) is 3.33. The fourth-order valence-electron chi connectivity index (χ4n) is 4.72. The van der Waals surface area contributed by atoms with E-state index in [1.54, 1.807) is 24.6 Å². The van der Waals surface area contributed by atoms with Crippen molar-refractivity contribution in [1.29, 1.82) is 0 Å². The normalized spacial score (nSPS) is 14.9. The van der Waals surface area contributed by atoms with Gasteiger partial charge < -0.3 is 4.74 Å². The van der Waals surface area contributed by atoms with E-state index in [0.717, 1.165) is 16.2 Å². The third-order valence-electron chi connectivity index (χ3n) is 6.46. The Labute approximate surface area is 215 Å². The van der Waals surface area contributed by atoms with Gasteiger partial charge in [0.15, 0.2) is 5.78 Å². The standard InChI is InChI=1S/C28H23F3N2O3S/c1-27(2)13-23-18(24(34)14-27)12-19(25-32-21(15-37-25)16-8-10-17(36-3)11-9-16)26(35)33(23)22-7-5-4-6-20(22)28(29,30)31/h4-12,15H,13-14H2,1-3H3. The van der Waals surface area contributed by atoms with Crippen LogP contribution in [0.5, 0.6) is 5.75 Å². The maximum Gasteiger partial charge on any atom is 0.418 e. The Morgan fingerprint density at radius 3 is 2.38 bits per heavy atom. The van der Waals surface area contributed by atoms with Gasteiger partial charge in [-0.15, -0.1) is 11.3 Å². The highest BCUT2D eigenvalue weighted by atomic mass is 32.1. The first-order valence-electron chi connectivity index (χ1n) is 11.6. The molecule has 0 saturated carbocycles. The van der Waals surface area contributed by atoms with Crippen molar-refractivity contribution in [3.8, 4) is 33.3 Å². The quantitative estimate of drug-likeness (QED) is 0.294. The molecule has 0 fully saturated rings. The fourth-order valence-corrected chi connectivity index (χ4v) is 5.56. The van der Waals surface area contributed by atoms with E-state index in [2.05, 4.69) is 4.98 Å². The number of hydrogen-bond acceptors (Lipinski definition) is 5. The number of fused-ring (bicyclic) bond motifs is 1. The molecule has 0 saturated heterocycles. The molecule has 1 aliphatic rings. The van der Waals surface area contributed by atoms with E-state index in [4.69, 9.17) is 4.74 Å². The van der Waals surface area contributed by atoms with Crippen molar-refractivity contribution in [2.24, 2.45) is 5.41 Å². The first-order valence-corrected chi connectivity index (χ1v) is 12.5. The summed E-state index contributed by atoms with van der Waals surface area (Å²) in [5, 5.41) is 2.10. The Morgan fingerprint density at radius 2 is 1.70 bits per heavy atom. The monoisotopic (exact) mass is 524 g/mol. The summed E-state index contributed by atoms with van der Waals surface area (Å²) >= 11 is 1.20. The molecule has 37 heavy (non-hydrogen) atoms. The number of ether oxygens (including phenoxy) is 1. The molecule has 0 spiro atoms. The molecule has 1 aliphatic carbocycles. The summed E-state index contributed by atoms with van der Waals surface area (Å²) in [5.41, 5.74) is -0.344. The van der Waals surface area contributed by atoms with E-state index in [9.17, 15) is 22.8 Å². The molecule has 2 aromatic carbocycles. The average molecular weight is 525 g/mol. The van der Waals surface area contributed by atoms with Crippen LogP contribution in [0.2, 0.25) is 0 Å². The molecule has 5 rings (SSSR count). The molecule has 0 atom stereocenters. The van der Waals surface area contributed by atoms with Crippen LogP contribution in [-0.4, -0.2) is 22.4 Å². The predicted octanol–water partition coefficient (Wildman–Crippen LogP) is 6.81. The van der Waals surface area contributed by atoms with Crippen molar-refractivity contribution < 1.29 is 22.7 Å². The fraction of sp³-hybridized carbons (Fsp3) is 0.250. The number of benzene rings is 2. The molecule has 9 heteroatoms. The van der Waals surface area contributed by atoms with E-state index < -0.39 is 22.7 Å². The molecule has 5 nitrogen and oxygen atoms in total. The van der Waals surface area contributed by atoms with Gasteiger partial charge in [-0.25, -0.2) is 4.98 Å². The number of Topliss-reactive ketones (excluding diaryl/α,β-unsaturated/α-hetero) is 1. The van der Waals surface area contributed by atoms with E-state index in [-0.39, 0.29) is 35.4 Å². The first kappa shape index (κ1) is 25.0. The largest absolute Gasteiger partial charge is 0.497 e. The number of alkyl halides is 3. The van der Waals surface area contributed by atoms with Crippen LogP contribution in [0.15, 0.2) is 64.8 Å². The Balaban J connectivity index is 1.74. The second-order valence-corrected chi connectivity index (χ2v) is 10.6. The maximum absolute atomic E-state index is 14.0. The number of halogens is 3. The third-order valence-corrected chi connectivity index (χ3v) is 7.33. The van der Waals surface area contributed by atoms with Crippen molar-refractivity contribution in [2.45, 2.75) is 32.9 Å². The molecule has 2 heterocycles. The Morgan fingerprint density at radius 1 is 1.00 bits per heavy atom. The number of carbonyl (C=O) groups excluding carboxylic acids is 1. The van der Waals surface area contributed by atoms with E-state index in [1.807, 2.05) is 26.0 Å². The molecule has 190 valence electrons. The Bertz CT molecular complexity index is 1570. The van der Waals surface area contributed by atoms with Crippen molar-refractivity contribution in [3.63, 3.8) is 0 Å². The minimum absolute atomic E-state index is 0.0912. The number of pyridine rings is 1. The second kappa shape index (κ2) is 8.99. The van der Waals surface area contributed by atoms with Crippen molar-refractivity contribution >= 4 is 17.1 Å². The SMILES string of the molecule is COc1ccc(-c2csc(-c3cc4c(n(-c5ccccc5C(F)(F)F)c3=O)CC(C)(C)CC4=O)n2)cc1. The third kappa shape index (κ3) is 4.59. The van der Waals surface area contributed by atoms with Crippen molar-refractivity contribution in [1.82, 2.24) is 9.55 Å². The summed E-state index contributed by atoms with van der Waals surface area (Å²) in [6.07, 6.45) is -4.17. The summed E-state index contributed by atoms with van der Waals surface area (Å²) in [5.74, 6) is 0.471. The smallest absolute Gasteiger partial charge is 0.418 e. The maximum atomic E-state index is 14.0. The zero-order valence-corrected chi connectivity index (χ0v) is 21.2. The number of carbonyl (C=O) groups is 1. The molecular weight excluding hydrogens is 501 g/mol. The van der Waals surface area contributed by atoms with Crippen LogP contribution in [0.1, 0.15) is 41.9 Å². The van der Waals surface area contributed by atoms with Crippen LogP contribution in [-0.2, 0) is 12.6 Å². The molecule has 2 aromatic heterocycles. The van der Waals surface area contributed by atoms with Gasteiger partial charge in [-0.2, -0.15) is 13.2 Å². The minimum Gasteiger partial charge on any atom is -0.497 e. The summed E-state index contributed by atoms with van der Waals surface area (Å²) in [6.45, 7) is 3.74. The molecular formula is C28H23F3N2O3S. The number of aromatic nitrogens is 2. The number of methoxy groups -OCH3 is 1. The van der Waals surface area contributed by atoms with Gasteiger partial charge in [0, 0.05) is 28.6 Å². The van der Waals surface area contributed by atoms with Gasteiger partial charge >= 0.3 is 6.18 Å². The van der Waals surface area contributed by atoms with Crippen LogP contribution in [0, 0.1) is 5.41 Å². The molecule has 0 N–H and O–H groups in total. The summed E-state index contributed by atoms with van der Waals surface area (Å²) < 4.78 is 48.2. The summed E-state index contributed by atoms with van der Waals surface area (Å²) in [7, 11) is 1.57. The van der Waals surface area contributed by atoms with Crippen LogP contribution >= 0.6 is 11.3 Å². The molecule has 4 aromatic rings. The van der Waals surface area contributed by atoms with Crippen LogP contribution < -0.4 is 10.3 Å². The van der Waals surface area contributed by atoms with Gasteiger partial charge in [-0.05, 0) is 54.3 Å². The van der Waals surface area contributed by atoms with Gasteiger partial charge in [0.25, 0.3) is 5.56 Å². The van der Waals surface area contributed by atoms with Crippen LogP contribution in [0.25, 0.3) is 27.5 Å². The van der Waals surface area contributed by atoms with Gasteiger partial charge in [0.05, 0.1) is 29.6 Å². The van der Waals surface area contributed by atoms with Crippen LogP contribution in [0.3, 0.4) is 0 Å². The number of hydrogen-bond donors (Lipinski definition) is 0. The first-order chi connectivity index (χ1) is 17.5. The molecule has 0 unspecified atom stereocenters. The van der Waals surface area contributed by atoms with Gasteiger partial charge in [-0.1, -0.05) is 26.0 Å². The lowest BCUT2D eigenvalue weighted by Crippen LogP contribution is -2.35. The predicted molar refractivity (Wildman–Crippen MR) is 137 cm³/mol. The highest BCUT2D eigenvalue weighted by Crippen LogP contribution is 2.39.